The first kappa shape index (κ1) is 12.1. The van der Waals surface area contributed by atoms with Crippen molar-refractivity contribution in [2.75, 3.05) is 13.2 Å². The molecule has 0 heterocycles. The summed E-state index contributed by atoms with van der Waals surface area (Å²) in [5.41, 5.74) is 2.20. The van der Waals surface area contributed by atoms with E-state index in [1.165, 1.54) is 12.1 Å². The number of carbonyl (C=O) groups excluding carboxylic acids is 1. The second-order valence-corrected chi connectivity index (χ2v) is 3.48. The Kier molecular flexibility index (Phi) is 4.67. The van der Waals surface area contributed by atoms with Gasteiger partial charge in [-0.25, -0.2) is 9.87 Å². The molecule has 0 aliphatic rings. The van der Waals surface area contributed by atoms with E-state index >= 15 is 0 Å². The minimum atomic E-state index is -0.574. The summed E-state index contributed by atoms with van der Waals surface area (Å²) in [4.78, 5) is 16.0. The van der Waals surface area contributed by atoms with E-state index in [1.807, 2.05) is 0 Å². The molecule has 1 aromatic rings. The lowest BCUT2D eigenvalue weighted by atomic mass is 10.2. The van der Waals surface area contributed by atoms with Gasteiger partial charge in [0.05, 0.1) is 18.8 Å². The average Bonchev–Trinajstić information content (AvgIpc) is 2.22. The fraction of sp³-hybridized carbons (Fsp3) is 0.222. The molecular weight excluding hydrogens is 269 g/mol. The third-order valence-corrected chi connectivity index (χ3v) is 2.22. The van der Waals surface area contributed by atoms with E-state index in [1.54, 1.807) is 0 Å². The van der Waals surface area contributed by atoms with Gasteiger partial charge in [-0.05, 0) is 34.1 Å². The van der Waals surface area contributed by atoms with Crippen molar-refractivity contribution in [1.29, 1.82) is 0 Å². The highest BCUT2D eigenvalue weighted by Crippen LogP contribution is 2.17. The van der Waals surface area contributed by atoms with Gasteiger partial charge in [-0.1, -0.05) is 0 Å². The predicted molar refractivity (Wildman–Crippen MR) is 54.6 cm³/mol. The van der Waals surface area contributed by atoms with Crippen LogP contribution in [0, 0.1) is 5.82 Å². The number of benzene rings is 1. The first-order valence-corrected chi connectivity index (χ1v) is 4.92. The molecule has 1 rings (SSSR count). The van der Waals surface area contributed by atoms with Crippen LogP contribution in [0.5, 0.6) is 0 Å². The third kappa shape index (κ3) is 3.58. The molecular formula is C9H9BrFNO3. The van der Waals surface area contributed by atoms with Crippen molar-refractivity contribution in [3.63, 3.8) is 0 Å². The number of aliphatic hydroxyl groups is 1. The molecule has 0 radical (unpaired) electrons. The fourth-order valence-corrected chi connectivity index (χ4v) is 1.32. The molecule has 0 fully saturated rings. The Labute approximate surface area is 94.1 Å². The maximum absolute atomic E-state index is 12.8. The molecule has 0 saturated carbocycles. The number of aliphatic hydroxyl groups excluding tert-OH is 1. The normalized spacial score (nSPS) is 10.1. The summed E-state index contributed by atoms with van der Waals surface area (Å²) >= 11 is 3.11. The monoisotopic (exact) mass is 277 g/mol. The van der Waals surface area contributed by atoms with Crippen LogP contribution in [0.1, 0.15) is 10.4 Å². The van der Waals surface area contributed by atoms with E-state index < -0.39 is 11.7 Å². The molecule has 15 heavy (non-hydrogen) atoms. The zero-order valence-corrected chi connectivity index (χ0v) is 9.25. The minimum absolute atomic E-state index is 0.0152. The maximum Gasteiger partial charge on any atom is 0.276 e. The Bertz CT molecular complexity index is 359. The number of hydroxylamine groups is 1. The lowest BCUT2D eigenvalue weighted by Gasteiger charge is -2.06. The van der Waals surface area contributed by atoms with Gasteiger partial charge in [0.1, 0.15) is 5.82 Å². The van der Waals surface area contributed by atoms with E-state index in [0.717, 1.165) is 6.07 Å². The number of hydrogen-bond acceptors (Lipinski definition) is 3. The van der Waals surface area contributed by atoms with Crippen molar-refractivity contribution in [2.24, 2.45) is 0 Å². The smallest absolute Gasteiger partial charge is 0.276 e. The number of halogens is 2. The van der Waals surface area contributed by atoms with Gasteiger partial charge in [0.2, 0.25) is 0 Å². The van der Waals surface area contributed by atoms with Crippen LogP contribution in [0.2, 0.25) is 0 Å². The van der Waals surface area contributed by atoms with Crippen LogP contribution in [-0.2, 0) is 4.84 Å². The molecule has 82 valence electrons. The van der Waals surface area contributed by atoms with Crippen LogP contribution in [0.15, 0.2) is 22.7 Å². The summed E-state index contributed by atoms with van der Waals surface area (Å²) in [6.07, 6.45) is 0. The summed E-state index contributed by atoms with van der Waals surface area (Å²) in [6.45, 7) is -0.219. The molecule has 1 aromatic carbocycles. The van der Waals surface area contributed by atoms with Crippen LogP contribution in [0.3, 0.4) is 0 Å². The third-order valence-electron chi connectivity index (χ3n) is 1.53. The topological polar surface area (TPSA) is 58.6 Å². The molecule has 6 heteroatoms. The van der Waals surface area contributed by atoms with Crippen molar-refractivity contribution < 1.29 is 19.1 Å². The summed E-state index contributed by atoms with van der Waals surface area (Å²) in [5, 5.41) is 8.40. The molecule has 0 bridgehead atoms. The van der Waals surface area contributed by atoms with E-state index in [2.05, 4.69) is 26.2 Å². The van der Waals surface area contributed by atoms with Gasteiger partial charge in [-0.3, -0.25) is 9.63 Å². The molecule has 0 atom stereocenters. The number of hydrogen-bond donors (Lipinski definition) is 2. The summed E-state index contributed by atoms with van der Waals surface area (Å²) in [7, 11) is 0. The van der Waals surface area contributed by atoms with Crippen LogP contribution < -0.4 is 5.48 Å². The number of amides is 1. The second kappa shape index (κ2) is 5.79. The summed E-state index contributed by atoms with van der Waals surface area (Å²) in [6, 6.07) is 3.74. The molecule has 0 aromatic heterocycles. The van der Waals surface area contributed by atoms with Crippen molar-refractivity contribution in [2.45, 2.75) is 0 Å². The van der Waals surface area contributed by atoms with Gasteiger partial charge in [0.15, 0.2) is 0 Å². The molecule has 0 unspecified atom stereocenters. The number of carbonyl (C=O) groups is 1. The SMILES string of the molecule is O=C(NOCCO)c1cc(F)ccc1Br. The lowest BCUT2D eigenvalue weighted by Crippen LogP contribution is -2.25. The van der Waals surface area contributed by atoms with Crippen molar-refractivity contribution in [1.82, 2.24) is 5.48 Å². The van der Waals surface area contributed by atoms with Gasteiger partial charge < -0.3 is 5.11 Å². The van der Waals surface area contributed by atoms with Crippen LogP contribution >= 0.6 is 15.9 Å². The first-order valence-electron chi connectivity index (χ1n) is 4.13. The average molecular weight is 278 g/mol. The number of nitrogens with one attached hydrogen (secondary N) is 1. The van der Waals surface area contributed by atoms with Crippen LogP contribution in [0.4, 0.5) is 4.39 Å². The van der Waals surface area contributed by atoms with Crippen molar-refractivity contribution >= 4 is 21.8 Å². The summed E-state index contributed by atoms with van der Waals surface area (Å²) < 4.78 is 13.3. The van der Waals surface area contributed by atoms with Gasteiger partial charge in [-0.2, -0.15) is 0 Å². The van der Waals surface area contributed by atoms with E-state index in [9.17, 15) is 9.18 Å². The molecule has 0 saturated heterocycles. The molecule has 0 aliphatic carbocycles. The molecule has 0 spiro atoms. The predicted octanol–water partition coefficient (Wildman–Crippen LogP) is 1.24. The van der Waals surface area contributed by atoms with Crippen LogP contribution in [0.25, 0.3) is 0 Å². The zero-order chi connectivity index (χ0) is 11.3. The Hall–Kier alpha value is -0.980. The summed E-state index contributed by atoms with van der Waals surface area (Å²) in [5.74, 6) is -1.08. The largest absolute Gasteiger partial charge is 0.394 e. The van der Waals surface area contributed by atoms with Gasteiger partial charge in [0, 0.05) is 4.47 Å². The van der Waals surface area contributed by atoms with Gasteiger partial charge in [-0.15, -0.1) is 0 Å². The van der Waals surface area contributed by atoms with Crippen molar-refractivity contribution in [3.8, 4) is 0 Å². The molecule has 0 aliphatic heterocycles. The quantitative estimate of drug-likeness (QED) is 0.643. The minimum Gasteiger partial charge on any atom is -0.394 e. The highest BCUT2D eigenvalue weighted by molar-refractivity contribution is 9.10. The number of rotatable bonds is 4. The Morgan fingerprint density at radius 3 is 3.00 bits per heavy atom. The van der Waals surface area contributed by atoms with Crippen LogP contribution in [-0.4, -0.2) is 24.2 Å². The van der Waals surface area contributed by atoms with E-state index in [4.69, 9.17) is 5.11 Å². The Balaban J connectivity index is 2.68. The Morgan fingerprint density at radius 2 is 2.33 bits per heavy atom. The standard InChI is InChI=1S/C9H9BrFNO3/c10-8-2-1-6(11)5-7(8)9(14)12-15-4-3-13/h1-2,5,13H,3-4H2,(H,12,14). The Morgan fingerprint density at radius 1 is 1.60 bits per heavy atom. The first-order chi connectivity index (χ1) is 7.15. The van der Waals surface area contributed by atoms with Crippen molar-refractivity contribution in [3.05, 3.63) is 34.1 Å². The molecule has 2 N–H and O–H groups in total. The maximum atomic E-state index is 12.8. The molecule has 1 amide bonds. The van der Waals surface area contributed by atoms with Gasteiger partial charge in [0.25, 0.3) is 5.91 Å². The van der Waals surface area contributed by atoms with E-state index in [0.29, 0.717) is 4.47 Å². The van der Waals surface area contributed by atoms with Gasteiger partial charge >= 0.3 is 0 Å². The highest BCUT2D eigenvalue weighted by atomic mass is 79.9. The highest BCUT2D eigenvalue weighted by Gasteiger charge is 2.10. The second-order valence-electron chi connectivity index (χ2n) is 2.63. The molecule has 4 nitrogen and oxygen atoms in total. The van der Waals surface area contributed by atoms with E-state index in [-0.39, 0.29) is 18.8 Å². The lowest BCUT2D eigenvalue weighted by molar-refractivity contribution is 0.0167. The fourth-order valence-electron chi connectivity index (χ4n) is 0.889. The zero-order valence-electron chi connectivity index (χ0n) is 7.67.